The number of amides is 2. The maximum absolute atomic E-state index is 11.7. The van der Waals surface area contributed by atoms with Crippen molar-refractivity contribution in [1.29, 1.82) is 0 Å². The van der Waals surface area contributed by atoms with E-state index in [-0.39, 0.29) is 25.5 Å². The number of hydrogen-bond acceptors (Lipinski definition) is 4. The van der Waals surface area contributed by atoms with E-state index in [0.29, 0.717) is 16.5 Å². The summed E-state index contributed by atoms with van der Waals surface area (Å²) < 4.78 is 10.8. The van der Waals surface area contributed by atoms with E-state index in [1.807, 2.05) is 26.0 Å². The molecule has 0 atom stereocenters. The van der Waals surface area contributed by atoms with E-state index in [1.165, 1.54) is 0 Å². The number of rotatable bonds is 7. The van der Waals surface area contributed by atoms with E-state index in [2.05, 4.69) is 10.9 Å². The molecule has 0 fully saturated rings. The lowest BCUT2D eigenvalue weighted by atomic mass is 10.1. The molecule has 7 heteroatoms. The molecule has 0 bridgehead atoms. The van der Waals surface area contributed by atoms with Crippen LogP contribution in [-0.4, -0.2) is 25.0 Å². The first kappa shape index (κ1) is 19.6. The average molecular weight is 377 g/mol. The number of nitrogens with one attached hydrogen (secondary N) is 2. The average Bonchev–Trinajstić information content (AvgIpc) is 2.61. The second-order valence-electron chi connectivity index (χ2n) is 5.69. The van der Waals surface area contributed by atoms with Crippen molar-refractivity contribution in [2.24, 2.45) is 0 Å². The van der Waals surface area contributed by atoms with Crippen LogP contribution in [0, 0.1) is 13.8 Å². The Balaban J connectivity index is 1.63. The highest BCUT2D eigenvalue weighted by molar-refractivity contribution is 6.30. The van der Waals surface area contributed by atoms with Gasteiger partial charge in [-0.15, -0.1) is 0 Å². The highest BCUT2D eigenvalue weighted by Crippen LogP contribution is 2.17. The third kappa shape index (κ3) is 6.64. The number of halogens is 1. The standard InChI is InChI=1S/C19H21ClN2O4/c1-13-6-7-17(10-14(13)2)26-12-19(24)22-21-18(23)8-9-25-16-5-3-4-15(20)11-16/h3-7,10-11H,8-9,12H2,1-2H3,(H,21,23)(H,22,24). The lowest BCUT2D eigenvalue weighted by Crippen LogP contribution is -2.44. The molecule has 138 valence electrons. The van der Waals surface area contributed by atoms with Gasteiger partial charge in [-0.25, -0.2) is 0 Å². The lowest BCUT2D eigenvalue weighted by molar-refractivity contribution is -0.130. The minimum atomic E-state index is -0.452. The number of carbonyl (C=O) groups is 2. The molecule has 0 heterocycles. The lowest BCUT2D eigenvalue weighted by Gasteiger charge is -2.10. The first-order chi connectivity index (χ1) is 12.4. The van der Waals surface area contributed by atoms with Gasteiger partial charge >= 0.3 is 0 Å². The van der Waals surface area contributed by atoms with E-state index in [0.717, 1.165) is 11.1 Å². The van der Waals surface area contributed by atoms with Gasteiger partial charge < -0.3 is 9.47 Å². The molecule has 6 nitrogen and oxygen atoms in total. The topological polar surface area (TPSA) is 76.7 Å². The van der Waals surface area contributed by atoms with Crippen LogP contribution in [0.3, 0.4) is 0 Å². The molecule has 0 saturated heterocycles. The van der Waals surface area contributed by atoms with E-state index < -0.39 is 5.91 Å². The number of hydrazine groups is 1. The summed E-state index contributed by atoms with van der Waals surface area (Å²) in [6.45, 7) is 3.94. The Bertz CT molecular complexity index is 780. The fourth-order valence-corrected chi connectivity index (χ4v) is 2.19. The quantitative estimate of drug-likeness (QED) is 0.728. The van der Waals surface area contributed by atoms with E-state index >= 15 is 0 Å². The Morgan fingerprint density at radius 1 is 0.923 bits per heavy atom. The predicted molar refractivity (Wildman–Crippen MR) is 99.3 cm³/mol. The molecule has 2 aromatic rings. The van der Waals surface area contributed by atoms with E-state index in [9.17, 15) is 9.59 Å². The molecule has 0 saturated carbocycles. The molecular weight excluding hydrogens is 356 g/mol. The van der Waals surface area contributed by atoms with Crippen molar-refractivity contribution in [1.82, 2.24) is 10.9 Å². The van der Waals surface area contributed by atoms with Crippen LogP contribution in [0.4, 0.5) is 0 Å². The van der Waals surface area contributed by atoms with Gasteiger partial charge in [0.05, 0.1) is 13.0 Å². The van der Waals surface area contributed by atoms with Crippen molar-refractivity contribution in [2.75, 3.05) is 13.2 Å². The molecule has 26 heavy (non-hydrogen) atoms. The summed E-state index contributed by atoms with van der Waals surface area (Å²) in [6, 6.07) is 12.5. The van der Waals surface area contributed by atoms with Crippen LogP contribution in [0.5, 0.6) is 11.5 Å². The van der Waals surface area contributed by atoms with Crippen molar-refractivity contribution < 1.29 is 19.1 Å². The van der Waals surface area contributed by atoms with Crippen molar-refractivity contribution in [3.63, 3.8) is 0 Å². The summed E-state index contributed by atoms with van der Waals surface area (Å²) in [5.41, 5.74) is 6.84. The normalized spacial score (nSPS) is 10.1. The second kappa shape index (κ2) is 9.68. The Kier molecular flexibility index (Phi) is 7.29. The van der Waals surface area contributed by atoms with Crippen LogP contribution in [0.1, 0.15) is 17.5 Å². The zero-order valence-corrected chi connectivity index (χ0v) is 15.4. The van der Waals surface area contributed by atoms with Crippen LogP contribution >= 0.6 is 11.6 Å². The Morgan fingerprint density at radius 2 is 1.65 bits per heavy atom. The van der Waals surface area contributed by atoms with Gasteiger partial charge in [-0.05, 0) is 55.3 Å². The second-order valence-corrected chi connectivity index (χ2v) is 6.12. The third-order valence-corrected chi connectivity index (χ3v) is 3.82. The molecular formula is C19H21ClN2O4. The smallest absolute Gasteiger partial charge is 0.276 e. The van der Waals surface area contributed by atoms with Gasteiger partial charge in [0.1, 0.15) is 11.5 Å². The maximum atomic E-state index is 11.7. The maximum Gasteiger partial charge on any atom is 0.276 e. The van der Waals surface area contributed by atoms with Crippen molar-refractivity contribution >= 4 is 23.4 Å². The molecule has 0 aliphatic rings. The molecule has 0 unspecified atom stereocenters. The minimum Gasteiger partial charge on any atom is -0.493 e. The zero-order chi connectivity index (χ0) is 18.9. The van der Waals surface area contributed by atoms with Gasteiger partial charge in [-0.1, -0.05) is 23.7 Å². The SMILES string of the molecule is Cc1ccc(OCC(=O)NNC(=O)CCOc2cccc(Cl)c2)cc1C. The number of ether oxygens (including phenoxy) is 2. The van der Waals surface area contributed by atoms with Gasteiger partial charge in [0.25, 0.3) is 5.91 Å². The molecule has 2 amide bonds. The molecule has 0 aliphatic heterocycles. The molecule has 0 radical (unpaired) electrons. The van der Waals surface area contributed by atoms with Crippen LogP contribution in [-0.2, 0) is 9.59 Å². The Morgan fingerprint density at radius 3 is 2.38 bits per heavy atom. The summed E-state index contributed by atoms with van der Waals surface area (Å²) in [4.78, 5) is 23.4. The van der Waals surface area contributed by atoms with Gasteiger partial charge in [-0.2, -0.15) is 0 Å². The monoisotopic (exact) mass is 376 g/mol. The highest BCUT2D eigenvalue weighted by atomic mass is 35.5. The van der Waals surface area contributed by atoms with E-state index in [1.54, 1.807) is 30.3 Å². The number of hydrogen-bond donors (Lipinski definition) is 2. The van der Waals surface area contributed by atoms with Crippen LogP contribution < -0.4 is 20.3 Å². The molecule has 0 aromatic heterocycles. The Labute approximate surface area is 157 Å². The summed E-state index contributed by atoms with van der Waals surface area (Å²) in [6.07, 6.45) is 0.0881. The van der Waals surface area contributed by atoms with E-state index in [4.69, 9.17) is 21.1 Å². The van der Waals surface area contributed by atoms with Gasteiger partial charge in [0, 0.05) is 5.02 Å². The summed E-state index contributed by atoms with van der Waals surface area (Å²) >= 11 is 5.84. The largest absolute Gasteiger partial charge is 0.493 e. The predicted octanol–water partition coefficient (Wildman–Crippen LogP) is 2.95. The molecule has 0 aliphatic carbocycles. The highest BCUT2D eigenvalue weighted by Gasteiger charge is 2.07. The number of aryl methyl sites for hydroxylation is 2. The third-order valence-electron chi connectivity index (χ3n) is 3.58. The fourth-order valence-electron chi connectivity index (χ4n) is 2.01. The number of carbonyl (C=O) groups excluding carboxylic acids is 2. The fraction of sp³-hybridized carbons (Fsp3) is 0.263. The number of benzene rings is 2. The summed E-state index contributed by atoms with van der Waals surface area (Å²) in [5.74, 6) is 0.361. The first-order valence-electron chi connectivity index (χ1n) is 8.10. The van der Waals surface area contributed by atoms with Crippen molar-refractivity contribution in [2.45, 2.75) is 20.3 Å². The first-order valence-corrected chi connectivity index (χ1v) is 8.48. The van der Waals surface area contributed by atoms with Crippen molar-refractivity contribution in [3.8, 4) is 11.5 Å². The van der Waals surface area contributed by atoms with Crippen LogP contribution in [0.25, 0.3) is 0 Å². The van der Waals surface area contributed by atoms with Crippen molar-refractivity contribution in [3.05, 3.63) is 58.6 Å². The minimum absolute atomic E-state index is 0.0881. The zero-order valence-electron chi connectivity index (χ0n) is 14.7. The van der Waals surface area contributed by atoms with Gasteiger partial charge in [0.2, 0.25) is 5.91 Å². The molecule has 0 spiro atoms. The molecule has 2 rings (SSSR count). The van der Waals surface area contributed by atoms with Gasteiger partial charge in [-0.3, -0.25) is 20.4 Å². The van der Waals surface area contributed by atoms with Crippen LogP contribution in [0.2, 0.25) is 5.02 Å². The molecule has 2 aromatic carbocycles. The Hall–Kier alpha value is -2.73. The molecule has 2 N–H and O–H groups in total. The summed E-state index contributed by atoms with van der Waals surface area (Å²) in [5, 5.41) is 0.558. The van der Waals surface area contributed by atoms with Gasteiger partial charge in [0.15, 0.2) is 6.61 Å². The summed E-state index contributed by atoms with van der Waals surface area (Å²) in [7, 11) is 0. The van der Waals surface area contributed by atoms with Crippen LogP contribution in [0.15, 0.2) is 42.5 Å².